The predicted molar refractivity (Wildman–Crippen MR) is 85.1 cm³/mol. The van der Waals surface area contributed by atoms with Crippen LogP contribution in [0.5, 0.6) is 0 Å². The molecule has 122 valence electrons. The van der Waals surface area contributed by atoms with E-state index in [0.29, 0.717) is 29.8 Å². The zero-order valence-electron chi connectivity index (χ0n) is 13.9. The van der Waals surface area contributed by atoms with Crippen LogP contribution in [0.1, 0.15) is 52.9 Å². The monoisotopic (exact) mass is 296 g/mol. The summed E-state index contributed by atoms with van der Waals surface area (Å²) in [6.45, 7) is 9.79. The van der Waals surface area contributed by atoms with Gasteiger partial charge < -0.3 is 15.4 Å². The minimum atomic E-state index is 0.125. The summed E-state index contributed by atoms with van der Waals surface area (Å²) in [6, 6.07) is 0.485. The normalized spacial score (nSPS) is 30.3. The number of amides is 1. The van der Waals surface area contributed by atoms with E-state index in [1.54, 1.807) is 0 Å². The number of carbonyl (C=O) groups excluding carboxylic acids is 1. The SMILES string of the molecule is CC(C)(C)[C@@H]1CCCC[C@H]1NCC(=O)NC[C@H]1CCOC1. The van der Waals surface area contributed by atoms with Crippen LogP contribution < -0.4 is 10.6 Å². The lowest BCUT2D eigenvalue weighted by atomic mass is 9.69. The fourth-order valence-electron chi connectivity index (χ4n) is 3.70. The first kappa shape index (κ1) is 16.8. The Balaban J connectivity index is 1.71. The van der Waals surface area contributed by atoms with E-state index in [1.165, 1.54) is 25.7 Å². The first-order valence-corrected chi connectivity index (χ1v) is 8.54. The molecule has 1 saturated heterocycles. The van der Waals surface area contributed by atoms with Gasteiger partial charge >= 0.3 is 0 Å². The highest BCUT2D eigenvalue weighted by Gasteiger charge is 2.33. The number of rotatable bonds is 5. The third-order valence-corrected chi connectivity index (χ3v) is 5.02. The van der Waals surface area contributed by atoms with E-state index in [2.05, 4.69) is 31.4 Å². The van der Waals surface area contributed by atoms with Gasteiger partial charge in [-0.3, -0.25) is 4.79 Å². The lowest BCUT2D eigenvalue weighted by Crippen LogP contribution is -2.48. The van der Waals surface area contributed by atoms with Crippen molar-refractivity contribution < 1.29 is 9.53 Å². The maximum absolute atomic E-state index is 12.0. The molecule has 1 aliphatic carbocycles. The Morgan fingerprint density at radius 2 is 1.95 bits per heavy atom. The largest absolute Gasteiger partial charge is 0.381 e. The van der Waals surface area contributed by atoms with Gasteiger partial charge in [-0.2, -0.15) is 0 Å². The van der Waals surface area contributed by atoms with Crippen molar-refractivity contribution >= 4 is 5.91 Å². The van der Waals surface area contributed by atoms with E-state index in [9.17, 15) is 4.79 Å². The molecular formula is C17H32N2O2. The van der Waals surface area contributed by atoms with Crippen molar-refractivity contribution in [2.75, 3.05) is 26.3 Å². The molecule has 2 fully saturated rings. The molecule has 2 rings (SSSR count). The zero-order valence-corrected chi connectivity index (χ0v) is 13.9. The van der Waals surface area contributed by atoms with Gasteiger partial charge in [0.2, 0.25) is 5.91 Å². The first-order valence-electron chi connectivity index (χ1n) is 8.54. The van der Waals surface area contributed by atoms with Crippen molar-refractivity contribution in [2.45, 2.75) is 58.9 Å². The van der Waals surface area contributed by atoms with Crippen molar-refractivity contribution in [3.05, 3.63) is 0 Å². The van der Waals surface area contributed by atoms with Crippen LogP contribution in [0.4, 0.5) is 0 Å². The molecule has 1 amide bonds. The lowest BCUT2D eigenvalue weighted by molar-refractivity contribution is -0.120. The van der Waals surface area contributed by atoms with Crippen LogP contribution in [0, 0.1) is 17.3 Å². The van der Waals surface area contributed by atoms with Crippen LogP contribution in [0.3, 0.4) is 0 Å². The molecular weight excluding hydrogens is 264 g/mol. The Labute approximate surface area is 129 Å². The van der Waals surface area contributed by atoms with E-state index >= 15 is 0 Å². The van der Waals surface area contributed by atoms with Gasteiger partial charge in [-0.1, -0.05) is 33.6 Å². The summed E-state index contributed by atoms with van der Waals surface area (Å²) in [6.07, 6.45) is 6.16. The summed E-state index contributed by atoms with van der Waals surface area (Å²) in [5, 5.41) is 6.55. The molecule has 4 nitrogen and oxygen atoms in total. The van der Waals surface area contributed by atoms with Gasteiger partial charge in [-0.15, -0.1) is 0 Å². The molecule has 1 aliphatic heterocycles. The molecule has 21 heavy (non-hydrogen) atoms. The molecule has 2 aliphatic rings. The van der Waals surface area contributed by atoms with E-state index < -0.39 is 0 Å². The van der Waals surface area contributed by atoms with Crippen molar-refractivity contribution in [3.63, 3.8) is 0 Å². The molecule has 0 unspecified atom stereocenters. The molecule has 1 heterocycles. The molecule has 0 aromatic heterocycles. The van der Waals surface area contributed by atoms with Crippen LogP contribution in [0.2, 0.25) is 0 Å². The summed E-state index contributed by atoms with van der Waals surface area (Å²) in [5.41, 5.74) is 0.315. The number of hydrogen-bond acceptors (Lipinski definition) is 3. The summed E-state index contributed by atoms with van der Waals surface area (Å²) in [7, 11) is 0. The van der Waals surface area contributed by atoms with Crippen LogP contribution in [0.25, 0.3) is 0 Å². The van der Waals surface area contributed by atoms with Gasteiger partial charge in [0.1, 0.15) is 0 Å². The van der Waals surface area contributed by atoms with Gasteiger partial charge in [0, 0.05) is 25.1 Å². The highest BCUT2D eigenvalue weighted by atomic mass is 16.5. The maximum Gasteiger partial charge on any atom is 0.233 e. The summed E-state index contributed by atoms with van der Waals surface area (Å²) in [5.74, 6) is 1.30. The molecule has 0 aromatic carbocycles. The van der Waals surface area contributed by atoms with E-state index in [-0.39, 0.29) is 5.91 Å². The predicted octanol–water partition coefficient (Wildman–Crippen LogP) is 2.33. The molecule has 1 saturated carbocycles. The Morgan fingerprint density at radius 1 is 1.19 bits per heavy atom. The fourth-order valence-corrected chi connectivity index (χ4v) is 3.70. The number of carbonyl (C=O) groups is 1. The summed E-state index contributed by atoms with van der Waals surface area (Å²) in [4.78, 5) is 12.0. The second kappa shape index (κ2) is 7.59. The smallest absolute Gasteiger partial charge is 0.233 e. The van der Waals surface area contributed by atoms with Crippen LogP contribution >= 0.6 is 0 Å². The molecule has 0 bridgehead atoms. The Morgan fingerprint density at radius 3 is 2.62 bits per heavy atom. The number of hydrogen-bond donors (Lipinski definition) is 2. The topological polar surface area (TPSA) is 50.4 Å². The average Bonchev–Trinajstić information content (AvgIpc) is 2.95. The van der Waals surface area contributed by atoms with Gasteiger partial charge in [0.15, 0.2) is 0 Å². The first-order chi connectivity index (χ1) is 9.97. The summed E-state index contributed by atoms with van der Waals surface area (Å²) >= 11 is 0. The minimum absolute atomic E-state index is 0.125. The second-order valence-electron chi connectivity index (χ2n) is 7.78. The lowest BCUT2D eigenvalue weighted by Gasteiger charge is -2.41. The number of ether oxygens (including phenoxy) is 1. The Hall–Kier alpha value is -0.610. The second-order valence-corrected chi connectivity index (χ2v) is 7.78. The third kappa shape index (κ3) is 5.26. The van der Waals surface area contributed by atoms with Gasteiger partial charge in [-0.25, -0.2) is 0 Å². The van der Waals surface area contributed by atoms with Crippen molar-refractivity contribution in [3.8, 4) is 0 Å². The number of nitrogens with one attached hydrogen (secondary N) is 2. The standard InChI is InChI=1S/C17H32N2O2/c1-17(2,3)14-6-4-5-7-15(14)18-11-16(20)19-10-13-8-9-21-12-13/h13-15,18H,4-12H2,1-3H3,(H,19,20)/t13-,14-,15-/m1/s1. The Bertz CT molecular complexity index is 332. The highest BCUT2D eigenvalue weighted by Crippen LogP contribution is 2.37. The van der Waals surface area contributed by atoms with E-state index in [4.69, 9.17) is 4.74 Å². The molecule has 0 radical (unpaired) electrons. The van der Waals surface area contributed by atoms with Gasteiger partial charge in [0.25, 0.3) is 0 Å². The Kier molecular flexibility index (Phi) is 6.06. The van der Waals surface area contributed by atoms with E-state index in [0.717, 1.165) is 26.2 Å². The quantitative estimate of drug-likeness (QED) is 0.818. The molecule has 0 aromatic rings. The molecule has 3 atom stereocenters. The van der Waals surface area contributed by atoms with Gasteiger partial charge in [-0.05, 0) is 30.6 Å². The van der Waals surface area contributed by atoms with Crippen LogP contribution in [0.15, 0.2) is 0 Å². The zero-order chi connectivity index (χ0) is 15.3. The highest BCUT2D eigenvalue weighted by molar-refractivity contribution is 5.78. The maximum atomic E-state index is 12.0. The molecule has 2 N–H and O–H groups in total. The summed E-state index contributed by atoms with van der Waals surface area (Å²) < 4.78 is 5.33. The van der Waals surface area contributed by atoms with Gasteiger partial charge in [0.05, 0.1) is 13.2 Å². The molecule has 0 spiro atoms. The van der Waals surface area contributed by atoms with Crippen molar-refractivity contribution in [1.29, 1.82) is 0 Å². The average molecular weight is 296 g/mol. The third-order valence-electron chi connectivity index (χ3n) is 5.02. The van der Waals surface area contributed by atoms with Crippen molar-refractivity contribution in [1.82, 2.24) is 10.6 Å². The van der Waals surface area contributed by atoms with Crippen LogP contribution in [-0.4, -0.2) is 38.3 Å². The van der Waals surface area contributed by atoms with E-state index in [1.807, 2.05) is 0 Å². The molecule has 4 heteroatoms. The van der Waals surface area contributed by atoms with Crippen molar-refractivity contribution in [2.24, 2.45) is 17.3 Å². The minimum Gasteiger partial charge on any atom is -0.381 e. The van der Waals surface area contributed by atoms with Crippen LogP contribution in [-0.2, 0) is 9.53 Å². The fraction of sp³-hybridized carbons (Fsp3) is 0.941.